The fourth-order valence-electron chi connectivity index (χ4n) is 3.03. The Hall–Kier alpha value is -3.52. The van der Waals surface area contributed by atoms with Crippen molar-refractivity contribution in [3.8, 4) is 17.2 Å². The molecule has 3 rings (SSSR count). The Kier molecular flexibility index (Phi) is 6.81. The van der Waals surface area contributed by atoms with Crippen molar-refractivity contribution in [3.63, 3.8) is 0 Å². The van der Waals surface area contributed by atoms with E-state index in [2.05, 4.69) is 5.32 Å². The minimum absolute atomic E-state index is 0.344. The highest BCUT2D eigenvalue weighted by atomic mass is 32.2. The van der Waals surface area contributed by atoms with Crippen LogP contribution < -0.4 is 19.1 Å². The zero-order valence-electron chi connectivity index (χ0n) is 17.5. The van der Waals surface area contributed by atoms with Crippen molar-refractivity contribution in [2.45, 2.75) is 13.0 Å². The van der Waals surface area contributed by atoms with Crippen LogP contribution in [0.2, 0.25) is 0 Å². The van der Waals surface area contributed by atoms with Crippen molar-refractivity contribution < 1.29 is 22.7 Å². The molecule has 7 nitrogen and oxygen atoms in total. The minimum Gasteiger partial charge on any atom is -0.497 e. The molecule has 31 heavy (non-hydrogen) atoms. The summed E-state index contributed by atoms with van der Waals surface area (Å²) in [5.41, 5.74) is 0.868. The zero-order valence-corrected chi connectivity index (χ0v) is 18.3. The molecule has 1 atom stereocenters. The number of amides is 1. The van der Waals surface area contributed by atoms with Crippen molar-refractivity contribution in [2.75, 3.05) is 23.0 Å². The molecule has 0 aromatic heterocycles. The lowest BCUT2D eigenvalue weighted by atomic mass is 10.2. The predicted octanol–water partition coefficient (Wildman–Crippen LogP) is 4.28. The average Bonchev–Trinajstić information content (AvgIpc) is 2.75. The lowest BCUT2D eigenvalue weighted by molar-refractivity contribution is -0.116. The Morgan fingerprint density at radius 2 is 1.52 bits per heavy atom. The lowest BCUT2D eigenvalue weighted by Gasteiger charge is -2.28. The van der Waals surface area contributed by atoms with Gasteiger partial charge in [-0.05, 0) is 55.5 Å². The van der Waals surface area contributed by atoms with Crippen LogP contribution in [0, 0.1) is 0 Å². The molecule has 0 unspecified atom stereocenters. The third kappa shape index (κ3) is 5.76. The normalized spacial score (nSPS) is 12.0. The highest BCUT2D eigenvalue weighted by molar-refractivity contribution is 7.92. The van der Waals surface area contributed by atoms with Crippen LogP contribution >= 0.6 is 0 Å². The Balaban J connectivity index is 1.74. The van der Waals surface area contributed by atoms with Gasteiger partial charge in [0, 0.05) is 11.8 Å². The molecule has 0 aliphatic rings. The van der Waals surface area contributed by atoms with Gasteiger partial charge in [0.05, 0.1) is 19.1 Å². The van der Waals surface area contributed by atoms with Gasteiger partial charge in [-0.15, -0.1) is 0 Å². The number of hydrogen-bond acceptors (Lipinski definition) is 5. The average molecular weight is 441 g/mol. The van der Waals surface area contributed by atoms with E-state index in [1.165, 1.54) is 14.0 Å². The first-order valence-electron chi connectivity index (χ1n) is 9.55. The van der Waals surface area contributed by atoms with E-state index in [0.717, 1.165) is 10.6 Å². The number of benzene rings is 3. The van der Waals surface area contributed by atoms with Gasteiger partial charge in [0.1, 0.15) is 23.3 Å². The molecule has 8 heteroatoms. The van der Waals surface area contributed by atoms with E-state index in [4.69, 9.17) is 9.47 Å². The molecule has 0 aliphatic heterocycles. The summed E-state index contributed by atoms with van der Waals surface area (Å²) >= 11 is 0. The Bertz CT molecular complexity index is 1130. The molecule has 0 radical (unpaired) electrons. The third-order valence-corrected chi connectivity index (χ3v) is 5.74. The number of carbonyl (C=O) groups excluding carboxylic acids is 1. The van der Waals surface area contributed by atoms with Crippen LogP contribution in [0.1, 0.15) is 6.92 Å². The quantitative estimate of drug-likeness (QED) is 0.565. The van der Waals surface area contributed by atoms with Crippen molar-refractivity contribution in [3.05, 3.63) is 78.9 Å². The van der Waals surface area contributed by atoms with E-state index in [0.29, 0.717) is 28.6 Å². The first-order valence-corrected chi connectivity index (χ1v) is 11.4. The smallest absolute Gasteiger partial charge is 0.247 e. The molecule has 0 saturated heterocycles. The number of rotatable bonds is 8. The Morgan fingerprint density at radius 1 is 0.903 bits per heavy atom. The van der Waals surface area contributed by atoms with Crippen LogP contribution in [0.4, 0.5) is 11.4 Å². The van der Waals surface area contributed by atoms with Crippen LogP contribution in [-0.4, -0.2) is 33.7 Å². The molecule has 162 valence electrons. The maximum absolute atomic E-state index is 12.8. The number of nitrogens with zero attached hydrogens (tertiary/aromatic N) is 1. The molecule has 3 aromatic carbocycles. The molecule has 3 aromatic rings. The predicted molar refractivity (Wildman–Crippen MR) is 121 cm³/mol. The van der Waals surface area contributed by atoms with Gasteiger partial charge in [-0.2, -0.15) is 0 Å². The molecule has 0 bridgehead atoms. The summed E-state index contributed by atoms with van der Waals surface area (Å²) < 4.78 is 36.9. The van der Waals surface area contributed by atoms with Crippen molar-refractivity contribution in [2.24, 2.45) is 0 Å². The van der Waals surface area contributed by atoms with E-state index < -0.39 is 22.0 Å². The fraction of sp³-hybridized carbons (Fsp3) is 0.174. The molecular weight excluding hydrogens is 416 g/mol. The molecule has 0 aliphatic carbocycles. The summed E-state index contributed by atoms with van der Waals surface area (Å²) in [6, 6.07) is 21.7. The molecule has 1 N–H and O–H groups in total. The highest BCUT2D eigenvalue weighted by Gasteiger charge is 2.29. The Labute approximate surface area is 182 Å². The van der Waals surface area contributed by atoms with Gasteiger partial charge in [-0.25, -0.2) is 8.42 Å². The third-order valence-electron chi connectivity index (χ3n) is 4.50. The highest BCUT2D eigenvalue weighted by Crippen LogP contribution is 2.26. The van der Waals surface area contributed by atoms with E-state index in [-0.39, 0.29) is 0 Å². The molecule has 0 heterocycles. The molecule has 0 spiro atoms. The monoisotopic (exact) mass is 440 g/mol. The largest absolute Gasteiger partial charge is 0.497 e. The fourth-order valence-corrected chi connectivity index (χ4v) is 4.20. The van der Waals surface area contributed by atoms with Gasteiger partial charge >= 0.3 is 0 Å². The second kappa shape index (κ2) is 9.53. The number of sulfonamides is 1. The summed E-state index contributed by atoms with van der Waals surface area (Å²) in [6.45, 7) is 1.53. The second-order valence-corrected chi connectivity index (χ2v) is 8.72. The van der Waals surface area contributed by atoms with Crippen molar-refractivity contribution in [1.82, 2.24) is 0 Å². The van der Waals surface area contributed by atoms with Gasteiger partial charge in [-0.1, -0.05) is 24.3 Å². The van der Waals surface area contributed by atoms with Gasteiger partial charge in [0.25, 0.3) is 0 Å². The standard InChI is InChI=1S/C23H24N2O5S/c1-17(25(31(3,27)28)19-8-7-11-22(16-19)29-2)23(26)24-18-12-14-21(15-13-18)30-20-9-5-4-6-10-20/h4-17H,1-3H3,(H,24,26)/t17-/m0/s1. The molecule has 0 saturated carbocycles. The van der Waals surface area contributed by atoms with E-state index in [1.54, 1.807) is 48.5 Å². The van der Waals surface area contributed by atoms with Gasteiger partial charge < -0.3 is 14.8 Å². The number of hydrogen-bond donors (Lipinski definition) is 1. The topological polar surface area (TPSA) is 84.9 Å². The SMILES string of the molecule is COc1cccc(N([C@@H](C)C(=O)Nc2ccc(Oc3ccccc3)cc2)S(C)(=O)=O)c1. The number of ether oxygens (including phenoxy) is 2. The summed E-state index contributed by atoms with van der Waals surface area (Å²) in [5.74, 6) is 1.35. The van der Waals surface area contributed by atoms with Crippen LogP contribution in [0.5, 0.6) is 17.2 Å². The van der Waals surface area contributed by atoms with Crippen molar-refractivity contribution >= 4 is 27.3 Å². The number of nitrogens with one attached hydrogen (secondary N) is 1. The van der Waals surface area contributed by atoms with E-state index in [9.17, 15) is 13.2 Å². The van der Waals surface area contributed by atoms with Gasteiger partial charge in [0.2, 0.25) is 15.9 Å². The zero-order chi connectivity index (χ0) is 22.4. The lowest BCUT2D eigenvalue weighted by Crippen LogP contribution is -2.45. The van der Waals surface area contributed by atoms with Crippen LogP contribution in [0.3, 0.4) is 0 Å². The van der Waals surface area contributed by atoms with Gasteiger partial charge in [-0.3, -0.25) is 9.10 Å². The summed E-state index contributed by atoms with van der Waals surface area (Å²) in [6.07, 6.45) is 1.06. The molecule has 1 amide bonds. The number of carbonyl (C=O) groups is 1. The second-order valence-electron chi connectivity index (χ2n) is 6.87. The van der Waals surface area contributed by atoms with E-state index >= 15 is 0 Å². The number of para-hydroxylation sites is 1. The van der Waals surface area contributed by atoms with Crippen molar-refractivity contribution in [1.29, 1.82) is 0 Å². The van der Waals surface area contributed by atoms with Crippen LogP contribution in [-0.2, 0) is 14.8 Å². The van der Waals surface area contributed by atoms with Crippen LogP contribution in [0.15, 0.2) is 78.9 Å². The summed E-state index contributed by atoms with van der Waals surface area (Å²) in [4.78, 5) is 12.8. The number of anilines is 2. The van der Waals surface area contributed by atoms with Crippen LogP contribution in [0.25, 0.3) is 0 Å². The number of methoxy groups -OCH3 is 1. The summed E-state index contributed by atoms with van der Waals surface area (Å²) in [7, 11) is -2.23. The first kappa shape index (κ1) is 22.2. The molecular formula is C23H24N2O5S. The van der Waals surface area contributed by atoms with E-state index in [1.807, 2.05) is 30.3 Å². The maximum atomic E-state index is 12.8. The van der Waals surface area contributed by atoms with Gasteiger partial charge in [0.15, 0.2) is 0 Å². The summed E-state index contributed by atoms with van der Waals surface area (Å²) in [5, 5.41) is 2.75. The first-order chi connectivity index (χ1) is 14.8. The maximum Gasteiger partial charge on any atom is 0.247 e. The molecule has 0 fully saturated rings. The Morgan fingerprint density at radius 3 is 2.13 bits per heavy atom. The minimum atomic E-state index is -3.72.